The summed E-state index contributed by atoms with van der Waals surface area (Å²) in [5.74, 6) is -1.70. The van der Waals surface area contributed by atoms with Gasteiger partial charge in [0.05, 0.1) is 12.0 Å². The minimum Gasteiger partial charge on any atom is -0.481 e. The first-order valence-corrected chi connectivity index (χ1v) is 8.10. The van der Waals surface area contributed by atoms with E-state index in [0.29, 0.717) is 12.8 Å². The van der Waals surface area contributed by atoms with Crippen LogP contribution >= 0.6 is 0 Å². The molecule has 2 aromatic carbocycles. The molecule has 0 aliphatic carbocycles. The highest BCUT2D eigenvalue weighted by Gasteiger charge is 2.26. The van der Waals surface area contributed by atoms with Gasteiger partial charge in [-0.15, -0.1) is 0 Å². The van der Waals surface area contributed by atoms with Gasteiger partial charge >= 0.3 is 5.97 Å². The lowest BCUT2D eigenvalue weighted by molar-refractivity contribution is -0.144. The molecule has 0 amide bonds. The molecule has 0 saturated heterocycles. The van der Waals surface area contributed by atoms with Crippen molar-refractivity contribution in [3.05, 3.63) is 71.8 Å². The maximum atomic E-state index is 12.6. The lowest BCUT2D eigenvalue weighted by atomic mass is 9.90. The second kappa shape index (κ2) is 8.99. The number of ketones is 1. The van der Waals surface area contributed by atoms with Gasteiger partial charge in [-0.2, -0.15) is 0 Å². The van der Waals surface area contributed by atoms with Gasteiger partial charge < -0.3 is 10.4 Å². The zero-order valence-electron chi connectivity index (χ0n) is 13.8. The molecule has 0 unspecified atom stereocenters. The van der Waals surface area contributed by atoms with Gasteiger partial charge in [-0.1, -0.05) is 60.7 Å². The van der Waals surface area contributed by atoms with E-state index in [2.05, 4.69) is 5.32 Å². The number of hydrogen-bond acceptors (Lipinski definition) is 3. The second-order valence-electron chi connectivity index (χ2n) is 5.93. The van der Waals surface area contributed by atoms with Crippen LogP contribution in [0.1, 0.15) is 17.5 Å². The summed E-state index contributed by atoms with van der Waals surface area (Å²) >= 11 is 0. The smallest absolute Gasteiger partial charge is 0.307 e. The minimum atomic E-state index is -0.929. The van der Waals surface area contributed by atoms with E-state index in [4.69, 9.17) is 0 Å². The molecule has 24 heavy (non-hydrogen) atoms. The van der Waals surface area contributed by atoms with Crippen molar-refractivity contribution in [2.75, 3.05) is 7.05 Å². The van der Waals surface area contributed by atoms with Crippen LogP contribution in [-0.4, -0.2) is 29.9 Å². The van der Waals surface area contributed by atoms with Gasteiger partial charge in [0.2, 0.25) is 0 Å². The molecule has 0 aromatic heterocycles. The van der Waals surface area contributed by atoms with Crippen LogP contribution < -0.4 is 5.32 Å². The number of hydrogen-bond donors (Lipinski definition) is 2. The molecular weight excluding hydrogens is 302 g/mol. The number of nitrogens with one attached hydrogen (secondary N) is 1. The average molecular weight is 325 g/mol. The van der Waals surface area contributed by atoms with Crippen molar-refractivity contribution in [2.24, 2.45) is 5.92 Å². The molecule has 0 spiro atoms. The number of carboxylic acids is 1. The third kappa shape index (κ3) is 5.32. The predicted octanol–water partition coefficient (Wildman–Crippen LogP) is 2.72. The van der Waals surface area contributed by atoms with Gasteiger partial charge in [-0.05, 0) is 31.0 Å². The molecule has 0 aliphatic heterocycles. The number of rotatable bonds is 9. The maximum Gasteiger partial charge on any atom is 0.307 e. The fourth-order valence-electron chi connectivity index (χ4n) is 2.76. The summed E-state index contributed by atoms with van der Waals surface area (Å²) < 4.78 is 0. The van der Waals surface area contributed by atoms with E-state index in [0.717, 1.165) is 11.1 Å². The Morgan fingerprint density at radius 3 is 1.88 bits per heavy atom. The summed E-state index contributed by atoms with van der Waals surface area (Å²) in [6, 6.07) is 18.8. The summed E-state index contributed by atoms with van der Waals surface area (Å²) in [5, 5.41) is 12.5. The van der Waals surface area contributed by atoms with Crippen LogP contribution in [0.15, 0.2) is 60.7 Å². The van der Waals surface area contributed by atoms with Crippen LogP contribution in [0, 0.1) is 5.92 Å². The Bertz CT molecular complexity index is 655. The molecule has 2 N–H and O–H groups in total. The Hall–Kier alpha value is -2.46. The van der Waals surface area contributed by atoms with Crippen LogP contribution in [0.25, 0.3) is 0 Å². The Balaban J connectivity index is 2.01. The first-order valence-electron chi connectivity index (χ1n) is 8.10. The number of benzene rings is 2. The van der Waals surface area contributed by atoms with Gasteiger partial charge in [-0.25, -0.2) is 0 Å². The molecule has 2 aromatic rings. The fraction of sp³-hybridized carbons (Fsp3) is 0.300. The molecule has 2 rings (SSSR count). The van der Waals surface area contributed by atoms with E-state index < -0.39 is 11.9 Å². The number of carbonyl (C=O) groups excluding carboxylic acids is 1. The monoisotopic (exact) mass is 325 g/mol. The highest BCUT2D eigenvalue weighted by atomic mass is 16.4. The average Bonchev–Trinajstić information content (AvgIpc) is 2.60. The molecule has 0 saturated carbocycles. The molecule has 0 aliphatic rings. The topological polar surface area (TPSA) is 66.4 Å². The number of Topliss-reactive ketones (excluding diaryl/α,β-unsaturated/α-hetero) is 1. The Labute approximate surface area is 142 Å². The van der Waals surface area contributed by atoms with E-state index in [1.807, 2.05) is 60.7 Å². The van der Waals surface area contributed by atoms with E-state index in [1.54, 1.807) is 7.05 Å². The first-order chi connectivity index (χ1) is 11.6. The quantitative estimate of drug-likeness (QED) is 0.744. The van der Waals surface area contributed by atoms with Crippen molar-refractivity contribution in [1.29, 1.82) is 0 Å². The lowest BCUT2D eigenvalue weighted by Gasteiger charge is -2.18. The third-order valence-electron chi connectivity index (χ3n) is 4.14. The molecule has 0 bridgehead atoms. The minimum absolute atomic E-state index is 0.0303. The van der Waals surface area contributed by atoms with Gasteiger partial charge in [0.15, 0.2) is 5.78 Å². The van der Waals surface area contributed by atoms with Crippen LogP contribution in [-0.2, 0) is 22.4 Å². The van der Waals surface area contributed by atoms with Crippen molar-refractivity contribution in [3.8, 4) is 0 Å². The zero-order chi connectivity index (χ0) is 17.4. The fourth-order valence-corrected chi connectivity index (χ4v) is 2.76. The molecule has 0 fully saturated rings. The zero-order valence-corrected chi connectivity index (χ0v) is 13.8. The lowest BCUT2D eigenvalue weighted by Crippen LogP contribution is -2.38. The number of aliphatic carboxylic acids is 1. The normalized spacial score (nSPS) is 13.2. The summed E-state index contributed by atoms with van der Waals surface area (Å²) in [6.45, 7) is 0. The Kier molecular flexibility index (Phi) is 6.70. The van der Waals surface area contributed by atoms with E-state index >= 15 is 0 Å². The molecule has 2 atom stereocenters. The first kappa shape index (κ1) is 17.9. The van der Waals surface area contributed by atoms with Crippen molar-refractivity contribution < 1.29 is 14.7 Å². The summed E-state index contributed by atoms with van der Waals surface area (Å²) in [5.41, 5.74) is 1.99. The molecule has 0 radical (unpaired) electrons. The van der Waals surface area contributed by atoms with Gasteiger partial charge in [0, 0.05) is 6.42 Å². The van der Waals surface area contributed by atoms with Crippen LogP contribution in [0.5, 0.6) is 0 Å². The molecule has 4 nitrogen and oxygen atoms in total. The summed E-state index contributed by atoms with van der Waals surface area (Å²) in [7, 11) is 1.73. The largest absolute Gasteiger partial charge is 0.481 e. The number of likely N-dealkylation sites (N-methyl/N-ethyl adjacent to an activating group) is 1. The van der Waals surface area contributed by atoms with Gasteiger partial charge in [-0.3, -0.25) is 9.59 Å². The van der Waals surface area contributed by atoms with Crippen LogP contribution in [0.3, 0.4) is 0 Å². The van der Waals surface area contributed by atoms with Gasteiger partial charge in [0.25, 0.3) is 0 Å². The predicted molar refractivity (Wildman–Crippen MR) is 93.9 cm³/mol. The highest BCUT2D eigenvalue weighted by molar-refractivity contribution is 5.88. The SMILES string of the molecule is CN[C@@H](Cc1ccccc1)C(=O)C[C@@H](Cc1ccccc1)C(=O)O. The summed E-state index contributed by atoms with van der Waals surface area (Å²) in [6.07, 6.45) is 0.958. The van der Waals surface area contributed by atoms with Crippen LogP contribution in [0.2, 0.25) is 0 Å². The summed E-state index contributed by atoms with van der Waals surface area (Å²) in [4.78, 5) is 24.1. The molecular formula is C20H23NO3. The van der Waals surface area contributed by atoms with E-state index in [1.165, 1.54) is 0 Å². The van der Waals surface area contributed by atoms with Crippen LogP contribution in [0.4, 0.5) is 0 Å². The van der Waals surface area contributed by atoms with Gasteiger partial charge in [0.1, 0.15) is 0 Å². The van der Waals surface area contributed by atoms with Crippen molar-refractivity contribution in [1.82, 2.24) is 5.32 Å². The standard InChI is InChI=1S/C20H23NO3/c1-21-18(13-16-10-6-3-7-11-16)19(22)14-17(20(23)24)12-15-8-4-2-5-9-15/h2-11,17-18,21H,12-14H2,1H3,(H,23,24)/t17-,18+/m1/s1. The molecule has 4 heteroatoms. The second-order valence-corrected chi connectivity index (χ2v) is 5.93. The molecule has 0 heterocycles. The Morgan fingerprint density at radius 1 is 0.917 bits per heavy atom. The molecule has 126 valence electrons. The van der Waals surface area contributed by atoms with Crippen molar-refractivity contribution in [3.63, 3.8) is 0 Å². The van der Waals surface area contributed by atoms with E-state index in [-0.39, 0.29) is 18.2 Å². The number of carbonyl (C=O) groups is 2. The maximum absolute atomic E-state index is 12.6. The third-order valence-corrected chi connectivity index (χ3v) is 4.14. The van der Waals surface area contributed by atoms with Crippen molar-refractivity contribution in [2.45, 2.75) is 25.3 Å². The van der Waals surface area contributed by atoms with Crippen molar-refractivity contribution >= 4 is 11.8 Å². The number of carboxylic acid groups (broad SMARTS) is 1. The highest BCUT2D eigenvalue weighted by Crippen LogP contribution is 2.15. The Morgan fingerprint density at radius 2 is 1.42 bits per heavy atom. The van der Waals surface area contributed by atoms with E-state index in [9.17, 15) is 14.7 Å².